The third-order valence-electron chi connectivity index (χ3n) is 3.82. The van der Waals surface area contributed by atoms with Crippen molar-refractivity contribution >= 4 is 23.8 Å². The third kappa shape index (κ3) is 8.22. The first-order valence-electron chi connectivity index (χ1n) is 9.41. The lowest BCUT2D eigenvalue weighted by Crippen LogP contribution is -2.42. The molecule has 2 amide bonds. The SMILES string of the molecule is CC(C)(C)OC(=O)Nc1cccc(C[C@@H](NC(=O)OCc2ccccc2)C(=O)O)c1. The number of anilines is 1. The summed E-state index contributed by atoms with van der Waals surface area (Å²) in [5.74, 6) is -1.20. The van der Waals surface area contributed by atoms with Crippen molar-refractivity contribution in [1.82, 2.24) is 5.32 Å². The van der Waals surface area contributed by atoms with Crippen molar-refractivity contribution in [3.63, 3.8) is 0 Å². The summed E-state index contributed by atoms with van der Waals surface area (Å²) in [5.41, 5.74) is 1.22. The van der Waals surface area contributed by atoms with E-state index in [1.54, 1.807) is 57.2 Å². The van der Waals surface area contributed by atoms with E-state index in [1.165, 1.54) is 0 Å². The molecule has 0 saturated heterocycles. The van der Waals surface area contributed by atoms with Gasteiger partial charge in [0.1, 0.15) is 18.2 Å². The van der Waals surface area contributed by atoms with Gasteiger partial charge in [-0.05, 0) is 44.0 Å². The molecule has 0 saturated carbocycles. The molecule has 2 aromatic rings. The van der Waals surface area contributed by atoms with Crippen LogP contribution in [-0.4, -0.2) is 34.9 Å². The minimum absolute atomic E-state index is 0.0135. The average molecular weight is 414 g/mol. The molecule has 0 bridgehead atoms. The lowest BCUT2D eigenvalue weighted by atomic mass is 10.1. The fourth-order valence-corrected chi connectivity index (χ4v) is 2.54. The highest BCUT2D eigenvalue weighted by Gasteiger charge is 2.22. The van der Waals surface area contributed by atoms with Crippen LogP contribution in [-0.2, 0) is 27.3 Å². The van der Waals surface area contributed by atoms with Crippen molar-refractivity contribution in [2.45, 2.75) is 45.4 Å². The molecular formula is C22H26N2O6. The maximum Gasteiger partial charge on any atom is 0.412 e. The fraction of sp³-hybridized carbons (Fsp3) is 0.318. The van der Waals surface area contributed by atoms with Crippen LogP contribution in [0.15, 0.2) is 54.6 Å². The van der Waals surface area contributed by atoms with Gasteiger partial charge in [0.25, 0.3) is 0 Å². The second-order valence-corrected chi connectivity index (χ2v) is 7.63. The molecule has 0 aliphatic carbocycles. The summed E-state index contributed by atoms with van der Waals surface area (Å²) >= 11 is 0. The van der Waals surface area contributed by atoms with E-state index < -0.39 is 29.8 Å². The van der Waals surface area contributed by atoms with Gasteiger partial charge in [0.2, 0.25) is 0 Å². The normalized spacial score (nSPS) is 11.8. The predicted octanol–water partition coefficient (Wildman–Crippen LogP) is 3.96. The second-order valence-electron chi connectivity index (χ2n) is 7.63. The molecule has 160 valence electrons. The zero-order chi connectivity index (χ0) is 22.1. The Morgan fingerprint density at radius 3 is 2.27 bits per heavy atom. The van der Waals surface area contributed by atoms with E-state index in [0.717, 1.165) is 5.56 Å². The molecule has 1 atom stereocenters. The number of carbonyl (C=O) groups is 3. The van der Waals surface area contributed by atoms with Crippen LogP contribution in [0.2, 0.25) is 0 Å². The summed E-state index contributed by atoms with van der Waals surface area (Å²) in [6.07, 6.45) is -1.43. The first-order valence-corrected chi connectivity index (χ1v) is 9.41. The Bertz CT molecular complexity index is 877. The number of nitrogens with one attached hydrogen (secondary N) is 2. The van der Waals surface area contributed by atoms with E-state index in [1.807, 2.05) is 18.2 Å². The second kappa shape index (κ2) is 10.3. The van der Waals surface area contributed by atoms with Crippen molar-refractivity contribution in [3.8, 4) is 0 Å². The highest BCUT2D eigenvalue weighted by atomic mass is 16.6. The predicted molar refractivity (Wildman–Crippen MR) is 111 cm³/mol. The molecule has 0 aliphatic heterocycles. The largest absolute Gasteiger partial charge is 0.480 e. The number of carboxylic acid groups (broad SMARTS) is 1. The van der Waals surface area contributed by atoms with Gasteiger partial charge in [0, 0.05) is 12.1 Å². The highest BCUT2D eigenvalue weighted by molar-refractivity contribution is 5.85. The van der Waals surface area contributed by atoms with Crippen LogP contribution in [0.4, 0.5) is 15.3 Å². The number of amides is 2. The van der Waals surface area contributed by atoms with Gasteiger partial charge in [-0.3, -0.25) is 5.32 Å². The standard InChI is InChI=1S/C22H26N2O6/c1-22(2,3)30-21(28)23-17-11-7-10-16(12-17)13-18(19(25)26)24-20(27)29-14-15-8-5-4-6-9-15/h4-12,18H,13-14H2,1-3H3,(H,23,28)(H,24,27)(H,25,26)/t18-/m1/s1. The molecule has 0 aromatic heterocycles. The molecule has 0 radical (unpaired) electrons. The lowest BCUT2D eigenvalue weighted by Gasteiger charge is -2.20. The summed E-state index contributed by atoms with van der Waals surface area (Å²) < 4.78 is 10.3. The van der Waals surface area contributed by atoms with Crippen LogP contribution in [0.25, 0.3) is 0 Å². The molecule has 0 spiro atoms. The van der Waals surface area contributed by atoms with E-state index in [0.29, 0.717) is 11.3 Å². The number of aliphatic carboxylic acids is 1. The number of hydrogen-bond donors (Lipinski definition) is 3. The molecule has 0 aliphatic rings. The summed E-state index contributed by atoms with van der Waals surface area (Å²) in [4.78, 5) is 35.5. The third-order valence-corrected chi connectivity index (χ3v) is 3.82. The summed E-state index contributed by atoms with van der Waals surface area (Å²) in [6, 6.07) is 14.5. The van der Waals surface area contributed by atoms with Crippen molar-refractivity contribution in [1.29, 1.82) is 0 Å². The Morgan fingerprint density at radius 1 is 0.967 bits per heavy atom. The van der Waals surface area contributed by atoms with Crippen LogP contribution in [0.3, 0.4) is 0 Å². The van der Waals surface area contributed by atoms with Gasteiger partial charge in [-0.2, -0.15) is 0 Å². The maximum absolute atomic E-state index is 12.0. The molecule has 8 heteroatoms. The summed E-state index contributed by atoms with van der Waals surface area (Å²) in [6.45, 7) is 5.29. The molecule has 0 unspecified atom stereocenters. The first-order chi connectivity index (χ1) is 14.1. The van der Waals surface area contributed by atoms with E-state index in [2.05, 4.69) is 10.6 Å². The smallest absolute Gasteiger partial charge is 0.412 e. The van der Waals surface area contributed by atoms with E-state index >= 15 is 0 Å². The fourth-order valence-electron chi connectivity index (χ4n) is 2.54. The van der Waals surface area contributed by atoms with Gasteiger partial charge in [-0.15, -0.1) is 0 Å². The van der Waals surface area contributed by atoms with Crippen molar-refractivity contribution in [3.05, 3.63) is 65.7 Å². The van der Waals surface area contributed by atoms with Gasteiger partial charge in [-0.1, -0.05) is 42.5 Å². The van der Waals surface area contributed by atoms with Crippen LogP contribution < -0.4 is 10.6 Å². The Kier molecular flexibility index (Phi) is 7.80. The van der Waals surface area contributed by atoms with Crippen molar-refractivity contribution in [2.75, 3.05) is 5.32 Å². The molecule has 8 nitrogen and oxygen atoms in total. The van der Waals surface area contributed by atoms with E-state index in [4.69, 9.17) is 9.47 Å². The molecule has 30 heavy (non-hydrogen) atoms. The number of benzene rings is 2. The highest BCUT2D eigenvalue weighted by Crippen LogP contribution is 2.15. The zero-order valence-electron chi connectivity index (χ0n) is 17.2. The molecule has 0 heterocycles. The van der Waals surface area contributed by atoms with E-state index in [9.17, 15) is 19.5 Å². The van der Waals surface area contributed by atoms with Crippen molar-refractivity contribution < 1.29 is 29.0 Å². The topological polar surface area (TPSA) is 114 Å². The average Bonchev–Trinajstić information content (AvgIpc) is 2.65. The number of alkyl carbamates (subject to hydrolysis) is 1. The van der Waals surface area contributed by atoms with Gasteiger partial charge >= 0.3 is 18.2 Å². The quantitative estimate of drug-likeness (QED) is 0.632. The van der Waals surface area contributed by atoms with Crippen LogP contribution >= 0.6 is 0 Å². The first kappa shape index (κ1) is 22.7. The van der Waals surface area contributed by atoms with Crippen LogP contribution in [0, 0.1) is 0 Å². The Labute approximate surface area is 175 Å². The Hall–Kier alpha value is -3.55. The van der Waals surface area contributed by atoms with Crippen LogP contribution in [0.5, 0.6) is 0 Å². The Morgan fingerprint density at radius 2 is 1.63 bits per heavy atom. The van der Waals surface area contributed by atoms with E-state index in [-0.39, 0.29) is 13.0 Å². The number of carbonyl (C=O) groups excluding carboxylic acids is 2. The molecule has 2 rings (SSSR count). The zero-order valence-corrected chi connectivity index (χ0v) is 17.2. The number of ether oxygens (including phenoxy) is 2. The van der Waals surface area contributed by atoms with Crippen molar-refractivity contribution in [2.24, 2.45) is 0 Å². The van der Waals surface area contributed by atoms with Gasteiger partial charge in [0.05, 0.1) is 0 Å². The van der Waals surface area contributed by atoms with Gasteiger partial charge in [0.15, 0.2) is 0 Å². The number of carboxylic acids is 1. The monoisotopic (exact) mass is 414 g/mol. The molecule has 2 aromatic carbocycles. The summed E-state index contributed by atoms with van der Waals surface area (Å²) in [7, 11) is 0. The molecule has 3 N–H and O–H groups in total. The molecular weight excluding hydrogens is 388 g/mol. The van der Waals surface area contributed by atoms with Gasteiger partial charge in [-0.25, -0.2) is 14.4 Å². The minimum Gasteiger partial charge on any atom is -0.480 e. The Balaban J connectivity index is 1.95. The van der Waals surface area contributed by atoms with Crippen LogP contribution in [0.1, 0.15) is 31.9 Å². The summed E-state index contributed by atoms with van der Waals surface area (Å²) in [5, 5.41) is 14.4. The maximum atomic E-state index is 12.0. The minimum atomic E-state index is -1.20. The van der Waals surface area contributed by atoms with Gasteiger partial charge < -0.3 is 19.9 Å². The molecule has 0 fully saturated rings. The number of hydrogen-bond acceptors (Lipinski definition) is 5. The lowest BCUT2D eigenvalue weighted by molar-refractivity contribution is -0.139. The number of rotatable bonds is 7.